The van der Waals surface area contributed by atoms with E-state index >= 15 is 0 Å². The highest BCUT2D eigenvalue weighted by Crippen LogP contribution is 2.54. The van der Waals surface area contributed by atoms with Crippen LogP contribution in [0, 0.1) is 0 Å². The van der Waals surface area contributed by atoms with Crippen LogP contribution < -0.4 is 10.8 Å². The van der Waals surface area contributed by atoms with Gasteiger partial charge in [0.05, 0.1) is 12.2 Å². The lowest BCUT2D eigenvalue weighted by Crippen LogP contribution is -2.28. The Balaban J connectivity index is 1.70. The zero-order valence-electron chi connectivity index (χ0n) is 13.1. The Hall–Kier alpha value is -1.97. The molecule has 0 spiro atoms. The first-order valence-corrected chi connectivity index (χ1v) is 8.49. The van der Waals surface area contributed by atoms with Crippen LogP contribution >= 0.6 is 11.3 Å². The van der Waals surface area contributed by atoms with E-state index in [0.29, 0.717) is 11.3 Å². The predicted molar refractivity (Wildman–Crippen MR) is 85.6 cm³/mol. The second-order valence-electron chi connectivity index (χ2n) is 5.96. The van der Waals surface area contributed by atoms with E-state index in [1.807, 2.05) is 12.1 Å². The Morgan fingerprint density at radius 3 is 2.52 bits per heavy atom. The number of amides is 1. The molecule has 1 aromatic heterocycles. The van der Waals surface area contributed by atoms with Crippen molar-refractivity contribution < 1.29 is 23.2 Å². The van der Waals surface area contributed by atoms with Gasteiger partial charge in [-0.05, 0) is 30.5 Å². The molecular weight excluding hydrogens is 355 g/mol. The van der Waals surface area contributed by atoms with Crippen LogP contribution in [0.4, 0.5) is 13.2 Å². The molecule has 3 N–H and O–H groups in total. The van der Waals surface area contributed by atoms with Gasteiger partial charge in [-0.25, -0.2) is 10.5 Å². The number of hydroxylamine groups is 1. The first-order chi connectivity index (χ1) is 11.8. The van der Waals surface area contributed by atoms with Gasteiger partial charge < -0.3 is 5.32 Å². The van der Waals surface area contributed by atoms with Crippen molar-refractivity contribution in [3.8, 4) is 0 Å². The van der Waals surface area contributed by atoms with Gasteiger partial charge >= 0.3 is 6.18 Å². The van der Waals surface area contributed by atoms with Crippen molar-refractivity contribution in [1.82, 2.24) is 15.8 Å². The molecule has 3 rings (SSSR count). The Bertz CT molecular complexity index is 755. The molecule has 2 aromatic rings. The maximum atomic E-state index is 12.2. The molecule has 0 aliphatic heterocycles. The van der Waals surface area contributed by atoms with Crippen LogP contribution in [-0.4, -0.2) is 28.8 Å². The number of nitrogens with zero attached hydrogens (tertiary/aromatic N) is 1. The van der Waals surface area contributed by atoms with Gasteiger partial charge in [0.2, 0.25) is 0 Å². The third-order valence-corrected chi connectivity index (χ3v) is 5.24. The standard InChI is InChI=1S/C16H16F3N3O2S/c17-16(18,19)9-20-7-12-8-25-14(21-12)15(5-6-15)11-3-1-10(2-4-11)13(23)22-24/h1-4,8,20,24H,5-7,9H2,(H,22,23). The lowest BCUT2D eigenvalue weighted by Gasteiger charge is -2.13. The van der Waals surface area contributed by atoms with Crippen molar-refractivity contribution in [2.45, 2.75) is 31.0 Å². The zero-order valence-corrected chi connectivity index (χ0v) is 13.9. The number of nitrogens with one attached hydrogen (secondary N) is 2. The maximum Gasteiger partial charge on any atom is 0.401 e. The molecule has 1 fully saturated rings. The average Bonchev–Trinajstić information content (AvgIpc) is 3.26. The number of benzene rings is 1. The molecule has 0 radical (unpaired) electrons. The summed E-state index contributed by atoms with van der Waals surface area (Å²) in [4.78, 5) is 15.9. The topological polar surface area (TPSA) is 74.2 Å². The van der Waals surface area contributed by atoms with Gasteiger partial charge in [-0.1, -0.05) is 12.1 Å². The summed E-state index contributed by atoms with van der Waals surface area (Å²) in [6.07, 6.45) is -2.43. The Kier molecular flexibility index (Phi) is 4.81. The predicted octanol–water partition coefficient (Wildman–Crippen LogP) is 2.99. The minimum absolute atomic E-state index is 0.0711. The number of aromatic nitrogens is 1. The molecule has 1 aliphatic rings. The van der Waals surface area contributed by atoms with Crippen molar-refractivity contribution in [3.05, 3.63) is 51.5 Å². The smallest absolute Gasteiger partial charge is 0.303 e. The minimum Gasteiger partial charge on any atom is -0.303 e. The van der Waals surface area contributed by atoms with E-state index in [4.69, 9.17) is 5.21 Å². The highest BCUT2D eigenvalue weighted by atomic mass is 32.1. The molecule has 25 heavy (non-hydrogen) atoms. The lowest BCUT2D eigenvalue weighted by molar-refractivity contribution is -0.125. The third-order valence-electron chi connectivity index (χ3n) is 4.14. The number of rotatable bonds is 6. The number of hydrogen-bond acceptors (Lipinski definition) is 5. The van der Waals surface area contributed by atoms with E-state index in [2.05, 4.69) is 10.3 Å². The number of halogens is 3. The van der Waals surface area contributed by atoms with Gasteiger partial charge in [-0.2, -0.15) is 13.2 Å². The highest BCUT2D eigenvalue weighted by molar-refractivity contribution is 7.09. The zero-order chi connectivity index (χ0) is 18.1. The summed E-state index contributed by atoms with van der Waals surface area (Å²) in [6, 6.07) is 6.89. The quantitative estimate of drug-likeness (QED) is 0.539. The largest absolute Gasteiger partial charge is 0.401 e. The van der Waals surface area contributed by atoms with Crippen molar-refractivity contribution in [3.63, 3.8) is 0 Å². The number of hydrogen-bond donors (Lipinski definition) is 3. The molecule has 0 unspecified atom stereocenters. The van der Waals surface area contributed by atoms with Crippen molar-refractivity contribution in [1.29, 1.82) is 0 Å². The molecule has 9 heteroatoms. The fraction of sp³-hybridized carbons (Fsp3) is 0.375. The number of alkyl halides is 3. The van der Waals surface area contributed by atoms with Crippen LogP contribution in [0.5, 0.6) is 0 Å². The summed E-state index contributed by atoms with van der Waals surface area (Å²) in [7, 11) is 0. The molecule has 1 saturated carbocycles. The van der Waals surface area contributed by atoms with E-state index < -0.39 is 18.6 Å². The first-order valence-electron chi connectivity index (χ1n) is 7.61. The molecule has 134 valence electrons. The van der Waals surface area contributed by atoms with E-state index in [0.717, 1.165) is 23.4 Å². The lowest BCUT2D eigenvalue weighted by atomic mass is 9.95. The second-order valence-corrected chi connectivity index (χ2v) is 6.82. The fourth-order valence-electron chi connectivity index (χ4n) is 2.70. The van der Waals surface area contributed by atoms with Crippen LogP contribution in [0.3, 0.4) is 0 Å². The van der Waals surface area contributed by atoms with Gasteiger partial charge in [-0.15, -0.1) is 11.3 Å². The van der Waals surface area contributed by atoms with Crippen LogP contribution in [0.15, 0.2) is 29.6 Å². The summed E-state index contributed by atoms with van der Waals surface area (Å²) in [6.45, 7) is -0.971. The van der Waals surface area contributed by atoms with Crippen molar-refractivity contribution in [2.75, 3.05) is 6.54 Å². The molecule has 1 aliphatic carbocycles. The molecular formula is C16H16F3N3O2S. The van der Waals surface area contributed by atoms with Crippen LogP contribution in [-0.2, 0) is 12.0 Å². The van der Waals surface area contributed by atoms with Crippen molar-refractivity contribution in [2.24, 2.45) is 0 Å². The van der Waals surface area contributed by atoms with Crippen LogP contribution in [0.1, 0.15) is 39.5 Å². The normalized spacial score (nSPS) is 15.8. The van der Waals surface area contributed by atoms with Gasteiger partial charge in [0.25, 0.3) is 5.91 Å². The molecule has 0 atom stereocenters. The maximum absolute atomic E-state index is 12.2. The molecule has 0 bridgehead atoms. The van der Waals surface area contributed by atoms with E-state index in [1.54, 1.807) is 23.0 Å². The summed E-state index contributed by atoms with van der Waals surface area (Å²) >= 11 is 1.44. The van der Waals surface area contributed by atoms with Gasteiger partial charge in [-0.3, -0.25) is 10.0 Å². The molecule has 1 aromatic carbocycles. The van der Waals surface area contributed by atoms with Gasteiger partial charge in [0.1, 0.15) is 5.01 Å². The van der Waals surface area contributed by atoms with E-state index in [-0.39, 0.29) is 12.0 Å². The summed E-state index contributed by atoms with van der Waals surface area (Å²) in [5, 5.41) is 13.6. The fourth-order valence-corrected chi connectivity index (χ4v) is 3.80. The highest BCUT2D eigenvalue weighted by Gasteiger charge is 2.48. The van der Waals surface area contributed by atoms with Crippen molar-refractivity contribution >= 4 is 17.2 Å². The van der Waals surface area contributed by atoms with E-state index in [9.17, 15) is 18.0 Å². The Morgan fingerprint density at radius 1 is 1.28 bits per heavy atom. The first kappa shape index (κ1) is 17.8. The van der Waals surface area contributed by atoms with Gasteiger partial charge in [0, 0.05) is 22.9 Å². The number of thiazole rings is 1. The molecule has 1 amide bonds. The SMILES string of the molecule is O=C(NO)c1ccc(C2(c3nc(CNCC(F)(F)F)cs3)CC2)cc1. The number of carbonyl (C=O) groups is 1. The summed E-state index contributed by atoms with van der Waals surface area (Å²) in [5.41, 5.74) is 3.30. The second kappa shape index (κ2) is 6.74. The van der Waals surface area contributed by atoms with E-state index in [1.165, 1.54) is 11.3 Å². The Morgan fingerprint density at radius 2 is 1.96 bits per heavy atom. The molecule has 5 nitrogen and oxygen atoms in total. The average molecular weight is 371 g/mol. The monoisotopic (exact) mass is 371 g/mol. The third kappa shape index (κ3) is 4.00. The van der Waals surface area contributed by atoms with Crippen LogP contribution in [0.25, 0.3) is 0 Å². The summed E-state index contributed by atoms with van der Waals surface area (Å²) in [5.74, 6) is -0.580. The molecule has 1 heterocycles. The number of carbonyl (C=O) groups excluding carboxylic acids is 1. The molecule has 0 saturated heterocycles. The minimum atomic E-state index is -4.24. The van der Waals surface area contributed by atoms with Crippen LogP contribution in [0.2, 0.25) is 0 Å². The van der Waals surface area contributed by atoms with Gasteiger partial charge in [0.15, 0.2) is 0 Å². The Labute approximate surface area is 145 Å². The summed E-state index contributed by atoms with van der Waals surface area (Å²) < 4.78 is 36.5.